The van der Waals surface area contributed by atoms with E-state index in [2.05, 4.69) is 22.4 Å². The number of piperazine rings is 1. The zero-order valence-corrected chi connectivity index (χ0v) is 11.6. The summed E-state index contributed by atoms with van der Waals surface area (Å²) in [6.45, 7) is 4.84. The molecular weight excluding hydrogens is 256 g/mol. The lowest BCUT2D eigenvalue weighted by Gasteiger charge is -2.35. The van der Waals surface area contributed by atoms with E-state index in [0.717, 1.165) is 31.2 Å². The summed E-state index contributed by atoms with van der Waals surface area (Å²) >= 11 is 7.60. The average molecular weight is 275 g/mol. The highest BCUT2D eigenvalue weighted by atomic mass is 35.5. The smallest absolute Gasteiger partial charge is 0.0680 e. The van der Waals surface area contributed by atoms with Gasteiger partial charge in [0.05, 0.1) is 11.1 Å². The SMILES string of the molecule is CN1CCN(NC(CN)c2cc(Cl)cs2)CC1. The normalized spacial score (nSPS) is 20.6. The number of hydrogen-bond donors (Lipinski definition) is 2. The third kappa shape index (κ3) is 3.64. The Morgan fingerprint density at radius 1 is 1.47 bits per heavy atom. The molecule has 0 aromatic carbocycles. The number of thiophene rings is 1. The molecule has 17 heavy (non-hydrogen) atoms. The first kappa shape index (κ1) is 13.3. The highest BCUT2D eigenvalue weighted by Crippen LogP contribution is 2.25. The number of nitrogens with two attached hydrogens (primary N) is 1. The number of nitrogens with zero attached hydrogens (tertiary/aromatic N) is 2. The molecule has 1 aromatic rings. The van der Waals surface area contributed by atoms with E-state index in [9.17, 15) is 0 Å². The molecule has 1 aromatic heterocycles. The van der Waals surface area contributed by atoms with Gasteiger partial charge in [-0.25, -0.2) is 10.4 Å². The van der Waals surface area contributed by atoms with Crippen LogP contribution in [0.15, 0.2) is 11.4 Å². The Balaban J connectivity index is 1.91. The third-order valence-electron chi connectivity index (χ3n) is 3.01. The highest BCUT2D eigenvalue weighted by Gasteiger charge is 2.18. The van der Waals surface area contributed by atoms with Gasteiger partial charge in [0.2, 0.25) is 0 Å². The highest BCUT2D eigenvalue weighted by molar-refractivity contribution is 7.10. The van der Waals surface area contributed by atoms with E-state index in [-0.39, 0.29) is 6.04 Å². The van der Waals surface area contributed by atoms with Gasteiger partial charge in [0.25, 0.3) is 0 Å². The van der Waals surface area contributed by atoms with Crippen molar-refractivity contribution in [3.63, 3.8) is 0 Å². The van der Waals surface area contributed by atoms with Crippen LogP contribution in [0.3, 0.4) is 0 Å². The molecule has 0 radical (unpaired) electrons. The van der Waals surface area contributed by atoms with E-state index >= 15 is 0 Å². The molecule has 1 saturated heterocycles. The van der Waals surface area contributed by atoms with Crippen molar-refractivity contribution in [2.24, 2.45) is 5.73 Å². The average Bonchev–Trinajstić information content (AvgIpc) is 2.75. The molecule has 96 valence electrons. The van der Waals surface area contributed by atoms with Crippen LogP contribution in [0, 0.1) is 0 Å². The maximum atomic E-state index is 5.94. The van der Waals surface area contributed by atoms with Crippen LogP contribution in [0.4, 0.5) is 0 Å². The van der Waals surface area contributed by atoms with Crippen molar-refractivity contribution >= 4 is 22.9 Å². The van der Waals surface area contributed by atoms with Crippen LogP contribution in [0.1, 0.15) is 10.9 Å². The quantitative estimate of drug-likeness (QED) is 0.865. The maximum absolute atomic E-state index is 5.94. The molecule has 1 atom stereocenters. The second kappa shape index (κ2) is 6.13. The lowest BCUT2D eigenvalue weighted by molar-refractivity contribution is 0.0886. The van der Waals surface area contributed by atoms with Crippen LogP contribution in [-0.2, 0) is 0 Å². The summed E-state index contributed by atoms with van der Waals surface area (Å²) in [6, 6.07) is 2.17. The zero-order chi connectivity index (χ0) is 12.3. The molecule has 3 N–H and O–H groups in total. The molecule has 1 fully saturated rings. The van der Waals surface area contributed by atoms with Crippen LogP contribution in [0.25, 0.3) is 0 Å². The molecule has 0 saturated carbocycles. The summed E-state index contributed by atoms with van der Waals surface area (Å²) in [5.74, 6) is 0. The number of halogens is 1. The van der Waals surface area contributed by atoms with Crippen molar-refractivity contribution in [2.45, 2.75) is 6.04 Å². The zero-order valence-electron chi connectivity index (χ0n) is 10.0. The van der Waals surface area contributed by atoms with Gasteiger partial charge in [0.15, 0.2) is 0 Å². The van der Waals surface area contributed by atoms with Crippen molar-refractivity contribution in [2.75, 3.05) is 39.8 Å². The minimum absolute atomic E-state index is 0.177. The predicted octanol–water partition coefficient (Wildman–Crippen LogP) is 1.15. The Labute approximate surface area is 111 Å². The third-order valence-corrected chi connectivity index (χ3v) is 4.40. The van der Waals surface area contributed by atoms with Gasteiger partial charge in [-0.05, 0) is 13.1 Å². The molecule has 2 heterocycles. The van der Waals surface area contributed by atoms with Gasteiger partial charge in [-0.15, -0.1) is 11.3 Å². The second-order valence-electron chi connectivity index (χ2n) is 4.38. The molecule has 0 amide bonds. The van der Waals surface area contributed by atoms with Gasteiger partial charge in [-0.1, -0.05) is 11.6 Å². The fourth-order valence-corrected chi connectivity index (χ4v) is 3.04. The van der Waals surface area contributed by atoms with Crippen molar-refractivity contribution in [3.05, 3.63) is 21.3 Å². The molecule has 0 bridgehead atoms. The van der Waals surface area contributed by atoms with Crippen LogP contribution < -0.4 is 11.2 Å². The topological polar surface area (TPSA) is 44.5 Å². The first-order valence-electron chi connectivity index (χ1n) is 5.82. The first-order valence-corrected chi connectivity index (χ1v) is 7.08. The van der Waals surface area contributed by atoms with E-state index in [1.54, 1.807) is 11.3 Å². The van der Waals surface area contributed by atoms with E-state index in [1.807, 2.05) is 11.4 Å². The lowest BCUT2D eigenvalue weighted by atomic mass is 10.2. The van der Waals surface area contributed by atoms with Crippen LogP contribution in [0.2, 0.25) is 5.02 Å². The fourth-order valence-electron chi connectivity index (χ4n) is 1.90. The Morgan fingerprint density at radius 3 is 2.71 bits per heavy atom. The monoisotopic (exact) mass is 274 g/mol. The van der Waals surface area contributed by atoms with E-state index in [4.69, 9.17) is 17.3 Å². The predicted molar refractivity (Wildman–Crippen MR) is 73.3 cm³/mol. The van der Waals surface area contributed by atoms with Crippen molar-refractivity contribution in [3.8, 4) is 0 Å². The van der Waals surface area contributed by atoms with E-state index in [1.165, 1.54) is 4.88 Å². The number of rotatable bonds is 4. The standard InChI is InChI=1S/C11H19ClN4S/c1-15-2-4-16(5-3-15)14-10(7-13)11-6-9(12)8-17-11/h6,8,10,14H,2-5,7,13H2,1H3. The van der Waals surface area contributed by atoms with Crippen molar-refractivity contribution in [1.29, 1.82) is 0 Å². The van der Waals surface area contributed by atoms with Gasteiger partial charge >= 0.3 is 0 Å². The van der Waals surface area contributed by atoms with Crippen LogP contribution >= 0.6 is 22.9 Å². The minimum Gasteiger partial charge on any atom is -0.329 e. The summed E-state index contributed by atoms with van der Waals surface area (Å²) < 4.78 is 0. The van der Waals surface area contributed by atoms with Crippen molar-refractivity contribution < 1.29 is 0 Å². The van der Waals surface area contributed by atoms with E-state index < -0.39 is 0 Å². The number of nitrogens with one attached hydrogen (secondary N) is 1. The number of hydrazine groups is 1. The summed E-state index contributed by atoms with van der Waals surface area (Å²) in [5.41, 5.74) is 9.31. The summed E-state index contributed by atoms with van der Waals surface area (Å²) in [4.78, 5) is 3.54. The Bertz CT molecular complexity index is 349. The Kier molecular flexibility index (Phi) is 4.78. The molecule has 1 unspecified atom stereocenters. The molecule has 1 aliphatic heterocycles. The largest absolute Gasteiger partial charge is 0.329 e. The molecule has 6 heteroatoms. The van der Waals surface area contributed by atoms with Gasteiger partial charge in [0.1, 0.15) is 0 Å². The van der Waals surface area contributed by atoms with Crippen LogP contribution in [0.5, 0.6) is 0 Å². The summed E-state index contributed by atoms with van der Waals surface area (Å²) in [7, 11) is 2.15. The number of likely N-dealkylation sites (N-methyl/N-ethyl adjacent to an activating group) is 1. The molecular formula is C11H19ClN4S. The van der Waals surface area contributed by atoms with Gasteiger partial charge in [-0.3, -0.25) is 0 Å². The van der Waals surface area contributed by atoms with Crippen LogP contribution in [-0.4, -0.2) is 49.7 Å². The molecule has 2 rings (SSSR count). The van der Waals surface area contributed by atoms with Crippen molar-refractivity contribution in [1.82, 2.24) is 15.3 Å². The first-order chi connectivity index (χ1) is 8.19. The molecule has 0 aliphatic carbocycles. The fraction of sp³-hybridized carbons (Fsp3) is 0.636. The summed E-state index contributed by atoms with van der Waals surface area (Å²) in [5, 5.41) is 5.00. The molecule has 4 nitrogen and oxygen atoms in total. The Hall–Kier alpha value is -0.170. The second-order valence-corrected chi connectivity index (χ2v) is 5.75. The van der Waals surface area contributed by atoms with E-state index in [0.29, 0.717) is 6.54 Å². The molecule has 0 spiro atoms. The van der Waals surface area contributed by atoms with Gasteiger partial charge < -0.3 is 10.6 Å². The maximum Gasteiger partial charge on any atom is 0.0680 e. The Morgan fingerprint density at radius 2 is 2.18 bits per heavy atom. The molecule has 1 aliphatic rings. The lowest BCUT2D eigenvalue weighted by Crippen LogP contribution is -2.52. The van der Waals surface area contributed by atoms with Gasteiger partial charge in [0, 0.05) is 43.0 Å². The summed E-state index contributed by atoms with van der Waals surface area (Å²) in [6.07, 6.45) is 0. The van der Waals surface area contributed by atoms with Gasteiger partial charge in [-0.2, -0.15) is 0 Å². The number of hydrogen-bond acceptors (Lipinski definition) is 5. The minimum atomic E-state index is 0.177.